The van der Waals surface area contributed by atoms with Crippen LogP contribution in [0.3, 0.4) is 0 Å². The van der Waals surface area contributed by atoms with Gasteiger partial charge in [-0.3, -0.25) is 4.68 Å². The lowest BCUT2D eigenvalue weighted by Crippen LogP contribution is -1.92. The second kappa shape index (κ2) is 3.53. The van der Waals surface area contributed by atoms with Crippen molar-refractivity contribution in [3.63, 3.8) is 0 Å². The number of nitrogens with zero attached hydrogens (tertiary/aromatic N) is 3. The minimum atomic E-state index is 0.364. The van der Waals surface area contributed by atoms with E-state index in [0.29, 0.717) is 11.8 Å². The summed E-state index contributed by atoms with van der Waals surface area (Å²) in [6.45, 7) is 6.17. The highest BCUT2D eigenvalue weighted by molar-refractivity contribution is 5.55. The van der Waals surface area contributed by atoms with E-state index in [4.69, 9.17) is 4.42 Å². The molecular weight excluding hydrogens is 190 g/mol. The molecule has 2 heterocycles. The Morgan fingerprint density at radius 1 is 1.33 bits per heavy atom. The van der Waals surface area contributed by atoms with Crippen LogP contribution in [0.2, 0.25) is 0 Å². The van der Waals surface area contributed by atoms with Gasteiger partial charge in [-0.05, 0) is 6.92 Å². The summed E-state index contributed by atoms with van der Waals surface area (Å²) in [5.41, 5.74) is 2.02. The van der Waals surface area contributed by atoms with Gasteiger partial charge < -0.3 is 4.42 Å². The summed E-state index contributed by atoms with van der Waals surface area (Å²) in [5.74, 6) is 1.93. The lowest BCUT2D eigenvalue weighted by molar-refractivity contribution is 0.495. The van der Waals surface area contributed by atoms with Gasteiger partial charge in [0.05, 0.1) is 18.0 Å². The van der Waals surface area contributed by atoms with E-state index >= 15 is 0 Å². The lowest BCUT2D eigenvalue weighted by atomic mass is 10.2. The molecule has 0 aliphatic rings. The smallest absolute Gasteiger partial charge is 0.229 e. The number of rotatable bonds is 2. The Balaban J connectivity index is 2.41. The van der Waals surface area contributed by atoms with E-state index in [1.807, 2.05) is 18.7 Å². The molecule has 4 heteroatoms. The Morgan fingerprint density at radius 3 is 2.53 bits per heavy atom. The molecule has 2 aromatic heterocycles. The summed E-state index contributed by atoms with van der Waals surface area (Å²) < 4.78 is 7.47. The van der Waals surface area contributed by atoms with Crippen LogP contribution in [-0.4, -0.2) is 14.8 Å². The highest BCUT2D eigenvalue weighted by atomic mass is 16.4. The molecule has 2 rings (SSSR count). The van der Waals surface area contributed by atoms with Crippen LogP contribution in [0.25, 0.3) is 11.5 Å². The zero-order valence-electron chi connectivity index (χ0n) is 9.48. The molecule has 0 unspecified atom stereocenters. The maximum atomic E-state index is 5.66. The normalized spacial score (nSPS) is 11.3. The Morgan fingerprint density at radius 2 is 2.07 bits per heavy atom. The van der Waals surface area contributed by atoms with Crippen molar-refractivity contribution in [1.29, 1.82) is 0 Å². The predicted molar refractivity (Wildman–Crippen MR) is 57.5 cm³/mol. The van der Waals surface area contributed by atoms with Crippen molar-refractivity contribution in [1.82, 2.24) is 14.8 Å². The van der Waals surface area contributed by atoms with Crippen LogP contribution >= 0.6 is 0 Å². The molecule has 0 bridgehead atoms. The van der Waals surface area contributed by atoms with Crippen LogP contribution in [0.5, 0.6) is 0 Å². The molecule has 80 valence electrons. The van der Waals surface area contributed by atoms with E-state index in [9.17, 15) is 0 Å². The highest BCUT2D eigenvalue weighted by Gasteiger charge is 2.13. The Bertz CT molecular complexity index is 468. The summed E-state index contributed by atoms with van der Waals surface area (Å²) in [4.78, 5) is 4.26. The SMILES string of the molecule is Cc1c(-c2ncc(C(C)C)o2)cnn1C. The Labute approximate surface area is 88.9 Å². The van der Waals surface area contributed by atoms with Crippen molar-refractivity contribution in [2.24, 2.45) is 7.05 Å². The van der Waals surface area contributed by atoms with Gasteiger partial charge in [-0.25, -0.2) is 4.98 Å². The van der Waals surface area contributed by atoms with E-state index in [1.54, 1.807) is 12.4 Å². The molecule has 0 radical (unpaired) electrons. The topological polar surface area (TPSA) is 43.9 Å². The number of aromatic nitrogens is 3. The molecular formula is C11H15N3O. The molecule has 2 aromatic rings. The highest BCUT2D eigenvalue weighted by Crippen LogP contribution is 2.25. The molecule has 0 saturated carbocycles. The van der Waals surface area contributed by atoms with Crippen LogP contribution in [0.4, 0.5) is 0 Å². The van der Waals surface area contributed by atoms with Gasteiger partial charge >= 0.3 is 0 Å². The Hall–Kier alpha value is -1.58. The molecule has 0 fully saturated rings. The summed E-state index contributed by atoms with van der Waals surface area (Å²) >= 11 is 0. The Kier molecular flexibility index (Phi) is 2.34. The predicted octanol–water partition coefficient (Wildman–Crippen LogP) is 2.51. The van der Waals surface area contributed by atoms with E-state index in [0.717, 1.165) is 17.0 Å². The number of aryl methyl sites for hydroxylation is 1. The minimum Gasteiger partial charge on any atom is -0.441 e. The second-order valence-corrected chi connectivity index (χ2v) is 3.99. The fourth-order valence-electron chi connectivity index (χ4n) is 1.39. The van der Waals surface area contributed by atoms with Crippen molar-refractivity contribution < 1.29 is 4.42 Å². The maximum Gasteiger partial charge on any atom is 0.229 e. The van der Waals surface area contributed by atoms with E-state index < -0.39 is 0 Å². The standard InChI is InChI=1S/C11H15N3O/c1-7(2)10-6-12-11(15-10)9-5-13-14(4)8(9)3/h5-7H,1-4H3. The average molecular weight is 205 g/mol. The fraction of sp³-hybridized carbons (Fsp3) is 0.455. The van der Waals surface area contributed by atoms with Gasteiger partial charge in [-0.2, -0.15) is 5.10 Å². The average Bonchev–Trinajstić information content (AvgIpc) is 2.76. The third kappa shape index (κ3) is 1.67. The third-order valence-corrected chi connectivity index (χ3v) is 2.56. The van der Waals surface area contributed by atoms with Crippen LogP contribution < -0.4 is 0 Å². The largest absolute Gasteiger partial charge is 0.441 e. The van der Waals surface area contributed by atoms with Gasteiger partial charge in [0.2, 0.25) is 5.89 Å². The van der Waals surface area contributed by atoms with Gasteiger partial charge in [0, 0.05) is 18.7 Å². The van der Waals surface area contributed by atoms with E-state index in [-0.39, 0.29) is 0 Å². The first-order valence-corrected chi connectivity index (χ1v) is 5.04. The number of hydrogen-bond acceptors (Lipinski definition) is 3. The van der Waals surface area contributed by atoms with Crippen LogP contribution in [-0.2, 0) is 7.05 Å². The van der Waals surface area contributed by atoms with Gasteiger partial charge in [-0.15, -0.1) is 0 Å². The second-order valence-electron chi connectivity index (χ2n) is 3.99. The fourth-order valence-corrected chi connectivity index (χ4v) is 1.39. The molecule has 0 aliphatic heterocycles. The first-order chi connectivity index (χ1) is 7.09. The molecule has 0 spiro atoms. The van der Waals surface area contributed by atoms with E-state index in [1.165, 1.54) is 0 Å². The number of hydrogen-bond donors (Lipinski definition) is 0. The van der Waals surface area contributed by atoms with Crippen LogP contribution in [0.15, 0.2) is 16.8 Å². The van der Waals surface area contributed by atoms with Crippen molar-refractivity contribution in [2.45, 2.75) is 26.7 Å². The third-order valence-electron chi connectivity index (χ3n) is 2.56. The van der Waals surface area contributed by atoms with Crippen molar-refractivity contribution in [3.8, 4) is 11.5 Å². The van der Waals surface area contributed by atoms with Crippen molar-refractivity contribution >= 4 is 0 Å². The van der Waals surface area contributed by atoms with Crippen LogP contribution in [0.1, 0.15) is 31.2 Å². The molecule has 15 heavy (non-hydrogen) atoms. The summed E-state index contributed by atoms with van der Waals surface area (Å²) in [7, 11) is 1.91. The first kappa shape index (κ1) is 9.96. The molecule has 0 atom stereocenters. The molecule has 0 aromatic carbocycles. The van der Waals surface area contributed by atoms with Gasteiger partial charge in [0.15, 0.2) is 0 Å². The van der Waals surface area contributed by atoms with Crippen LogP contribution in [0, 0.1) is 6.92 Å². The quantitative estimate of drug-likeness (QED) is 0.756. The van der Waals surface area contributed by atoms with Crippen molar-refractivity contribution in [2.75, 3.05) is 0 Å². The summed E-state index contributed by atoms with van der Waals surface area (Å²) in [5, 5.41) is 4.16. The summed E-state index contributed by atoms with van der Waals surface area (Å²) in [6.07, 6.45) is 3.57. The zero-order valence-corrected chi connectivity index (χ0v) is 9.48. The molecule has 0 N–H and O–H groups in total. The minimum absolute atomic E-state index is 0.364. The molecule has 4 nitrogen and oxygen atoms in total. The van der Waals surface area contributed by atoms with E-state index in [2.05, 4.69) is 23.9 Å². The molecule has 0 amide bonds. The zero-order chi connectivity index (χ0) is 11.0. The first-order valence-electron chi connectivity index (χ1n) is 5.04. The van der Waals surface area contributed by atoms with Gasteiger partial charge in [0.1, 0.15) is 5.76 Å². The lowest BCUT2D eigenvalue weighted by Gasteiger charge is -1.97. The number of oxazole rings is 1. The monoisotopic (exact) mass is 205 g/mol. The van der Waals surface area contributed by atoms with Gasteiger partial charge in [0.25, 0.3) is 0 Å². The summed E-state index contributed by atoms with van der Waals surface area (Å²) in [6, 6.07) is 0. The molecule has 0 saturated heterocycles. The maximum absolute atomic E-state index is 5.66. The molecule has 0 aliphatic carbocycles. The van der Waals surface area contributed by atoms with Crippen molar-refractivity contribution in [3.05, 3.63) is 23.8 Å². The van der Waals surface area contributed by atoms with Gasteiger partial charge in [-0.1, -0.05) is 13.8 Å².